The minimum absolute atomic E-state index is 0.0352. The van der Waals surface area contributed by atoms with E-state index in [1.165, 1.54) is 12.3 Å². The predicted octanol–water partition coefficient (Wildman–Crippen LogP) is 5.18. The van der Waals surface area contributed by atoms with Crippen molar-refractivity contribution in [3.8, 4) is 5.75 Å². The number of rotatable bonds is 8. The van der Waals surface area contributed by atoms with Crippen LogP contribution in [0.1, 0.15) is 11.1 Å². The van der Waals surface area contributed by atoms with Gasteiger partial charge in [-0.05, 0) is 29.8 Å². The highest BCUT2D eigenvalue weighted by Crippen LogP contribution is 2.29. The predicted molar refractivity (Wildman–Crippen MR) is 113 cm³/mol. The van der Waals surface area contributed by atoms with Gasteiger partial charge >= 0.3 is 5.69 Å². The zero-order valence-corrected chi connectivity index (χ0v) is 16.2. The molecule has 0 saturated heterocycles. The van der Waals surface area contributed by atoms with E-state index in [2.05, 4.69) is 10.5 Å². The Morgan fingerprint density at radius 2 is 1.80 bits per heavy atom. The van der Waals surface area contributed by atoms with Crippen LogP contribution in [0.2, 0.25) is 5.02 Å². The van der Waals surface area contributed by atoms with Gasteiger partial charge < -0.3 is 4.74 Å². The Kier molecular flexibility index (Phi) is 6.56. The van der Waals surface area contributed by atoms with E-state index in [0.717, 1.165) is 17.7 Å². The van der Waals surface area contributed by atoms with Crippen molar-refractivity contribution in [1.82, 2.24) is 0 Å². The number of nitro groups is 2. The van der Waals surface area contributed by atoms with Gasteiger partial charge in [0.15, 0.2) is 0 Å². The number of hydrogen-bond acceptors (Lipinski definition) is 7. The standard InChI is InChI=1S/C20H15ClN4O5/c21-18-7-2-1-5-15(18)13-30-17-6-3-4-14(10-17)12-22-23-19-9-8-16(24(26)27)11-20(19)25(28)29/h1-12,23H,13H2/b22-12+. The smallest absolute Gasteiger partial charge is 0.301 e. The average Bonchev–Trinajstić information content (AvgIpc) is 2.73. The van der Waals surface area contributed by atoms with E-state index >= 15 is 0 Å². The molecule has 152 valence electrons. The van der Waals surface area contributed by atoms with Gasteiger partial charge in [0.25, 0.3) is 5.69 Å². The van der Waals surface area contributed by atoms with Crippen molar-refractivity contribution in [2.24, 2.45) is 5.10 Å². The molecule has 1 N–H and O–H groups in total. The molecule has 0 amide bonds. The monoisotopic (exact) mass is 426 g/mol. The molecule has 0 atom stereocenters. The van der Waals surface area contributed by atoms with Crippen LogP contribution in [-0.4, -0.2) is 16.1 Å². The van der Waals surface area contributed by atoms with Crippen LogP contribution in [-0.2, 0) is 6.61 Å². The fourth-order valence-corrected chi connectivity index (χ4v) is 2.71. The molecule has 0 aliphatic carbocycles. The molecule has 0 aromatic heterocycles. The molecule has 0 fully saturated rings. The van der Waals surface area contributed by atoms with Crippen molar-refractivity contribution in [3.05, 3.63) is 103 Å². The second-order valence-electron chi connectivity index (χ2n) is 6.04. The van der Waals surface area contributed by atoms with Crippen LogP contribution in [0.25, 0.3) is 0 Å². The summed E-state index contributed by atoms with van der Waals surface area (Å²) in [6.45, 7) is 0.299. The Hall–Kier alpha value is -3.98. The summed E-state index contributed by atoms with van der Waals surface area (Å²) in [5.41, 5.74) is 3.29. The summed E-state index contributed by atoms with van der Waals surface area (Å²) in [7, 11) is 0. The number of nitrogens with zero attached hydrogens (tertiary/aromatic N) is 3. The molecule has 0 aliphatic rings. The van der Waals surface area contributed by atoms with Gasteiger partial charge in [-0.3, -0.25) is 25.7 Å². The molecule has 0 bridgehead atoms. The van der Waals surface area contributed by atoms with Crippen molar-refractivity contribution >= 4 is 34.9 Å². The summed E-state index contributed by atoms with van der Waals surface area (Å²) < 4.78 is 5.74. The van der Waals surface area contributed by atoms with E-state index in [4.69, 9.17) is 16.3 Å². The van der Waals surface area contributed by atoms with E-state index in [1.54, 1.807) is 30.3 Å². The molecule has 0 saturated carbocycles. The number of hydrogen-bond donors (Lipinski definition) is 1. The van der Waals surface area contributed by atoms with Crippen LogP contribution in [0.3, 0.4) is 0 Å². The van der Waals surface area contributed by atoms with Gasteiger partial charge in [-0.25, -0.2) is 0 Å². The highest BCUT2D eigenvalue weighted by atomic mass is 35.5. The van der Waals surface area contributed by atoms with Gasteiger partial charge in [0, 0.05) is 16.7 Å². The molecule has 0 spiro atoms. The van der Waals surface area contributed by atoms with E-state index in [1.807, 2.05) is 18.2 Å². The lowest BCUT2D eigenvalue weighted by molar-refractivity contribution is -0.393. The van der Waals surface area contributed by atoms with Crippen LogP contribution in [0.15, 0.2) is 71.8 Å². The fraction of sp³-hybridized carbons (Fsp3) is 0.0500. The second kappa shape index (κ2) is 9.48. The molecule has 0 radical (unpaired) electrons. The third-order valence-corrected chi connectivity index (χ3v) is 4.37. The number of non-ortho nitro benzene ring substituents is 1. The first kappa shape index (κ1) is 20.7. The summed E-state index contributed by atoms with van der Waals surface area (Å²) in [5, 5.41) is 26.5. The van der Waals surface area contributed by atoms with Crippen molar-refractivity contribution < 1.29 is 14.6 Å². The van der Waals surface area contributed by atoms with E-state index in [0.29, 0.717) is 22.9 Å². The minimum atomic E-state index is -0.714. The van der Waals surface area contributed by atoms with Crippen molar-refractivity contribution in [1.29, 1.82) is 0 Å². The molecule has 3 rings (SSSR count). The van der Waals surface area contributed by atoms with Gasteiger partial charge in [-0.1, -0.05) is 41.9 Å². The summed E-state index contributed by atoms with van der Waals surface area (Å²) in [5.74, 6) is 0.597. The van der Waals surface area contributed by atoms with Gasteiger partial charge in [-0.15, -0.1) is 0 Å². The lowest BCUT2D eigenvalue weighted by atomic mass is 10.2. The number of nitro benzene ring substituents is 2. The molecule has 9 nitrogen and oxygen atoms in total. The number of halogens is 1. The topological polar surface area (TPSA) is 120 Å². The van der Waals surface area contributed by atoms with E-state index in [9.17, 15) is 20.2 Å². The largest absolute Gasteiger partial charge is 0.489 e. The Balaban J connectivity index is 1.68. The molecule has 0 unspecified atom stereocenters. The normalized spacial score (nSPS) is 10.7. The van der Waals surface area contributed by atoms with Gasteiger partial charge in [0.05, 0.1) is 22.1 Å². The third kappa shape index (κ3) is 5.30. The van der Waals surface area contributed by atoms with Crippen LogP contribution in [0.4, 0.5) is 17.1 Å². The maximum absolute atomic E-state index is 11.2. The van der Waals surface area contributed by atoms with Crippen LogP contribution in [0.5, 0.6) is 5.75 Å². The molecule has 3 aromatic rings. The highest BCUT2D eigenvalue weighted by molar-refractivity contribution is 6.31. The zero-order chi connectivity index (χ0) is 21.5. The van der Waals surface area contributed by atoms with E-state index in [-0.39, 0.29) is 11.4 Å². The van der Waals surface area contributed by atoms with Crippen molar-refractivity contribution in [2.45, 2.75) is 6.61 Å². The van der Waals surface area contributed by atoms with E-state index < -0.39 is 15.5 Å². The summed E-state index contributed by atoms with van der Waals surface area (Å²) in [6.07, 6.45) is 1.45. The molecule has 10 heteroatoms. The second-order valence-corrected chi connectivity index (χ2v) is 6.45. The van der Waals surface area contributed by atoms with Crippen LogP contribution >= 0.6 is 11.6 Å². The SMILES string of the molecule is O=[N+]([O-])c1ccc(N/N=C/c2cccc(OCc3ccccc3Cl)c2)c([N+](=O)[O-])c1. The van der Waals surface area contributed by atoms with Gasteiger partial charge in [-0.2, -0.15) is 5.10 Å². The first-order chi connectivity index (χ1) is 14.4. The van der Waals surface area contributed by atoms with Gasteiger partial charge in [0.1, 0.15) is 18.0 Å². The van der Waals surface area contributed by atoms with Crippen molar-refractivity contribution in [2.75, 3.05) is 5.43 Å². The molecule has 0 heterocycles. The lowest BCUT2D eigenvalue weighted by Crippen LogP contribution is -1.99. The summed E-state index contributed by atoms with van der Waals surface area (Å²) in [6, 6.07) is 17.7. The van der Waals surface area contributed by atoms with Crippen molar-refractivity contribution in [3.63, 3.8) is 0 Å². The Labute approximate surface area is 175 Å². The van der Waals surface area contributed by atoms with Gasteiger partial charge in [0.2, 0.25) is 0 Å². The maximum Gasteiger partial charge on any atom is 0.301 e. The third-order valence-electron chi connectivity index (χ3n) is 4.00. The molecular formula is C20H15ClN4O5. The number of ether oxygens (including phenoxy) is 1. The fourth-order valence-electron chi connectivity index (χ4n) is 2.52. The Bertz CT molecular complexity index is 1120. The lowest BCUT2D eigenvalue weighted by Gasteiger charge is -2.08. The summed E-state index contributed by atoms with van der Waals surface area (Å²) >= 11 is 6.12. The quantitative estimate of drug-likeness (QED) is 0.301. The summed E-state index contributed by atoms with van der Waals surface area (Å²) in [4.78, 5) is 20.5. The number of nitrogens with one attached hydrogen (secondary N) is 1. The first-order valence-corrected chi connectivity index (χ1v) is 9.00. The van der Waals surface area contributed by atoms with Crippen LogP contribution < -0.4 is 10.2 Å². The Morgan fingerprint density at radius 1 is 1.00 bits per heavy atom. The Morgan fingerprint density at radius 3 is 2.53 bits per heavy atom. The number of hydrazone groups is 1. The molecule has 30 heavy (non-hydrogen) atoms. The van der Waals surface area contributed by atoms with Crippen LogP contribution in [0, 0.1) is 20.2 Å². The minimum Gasteiger partial charge on any atom is -0.489 e. The average molecular weight is 427 g/mol. The molecule has 0 aliphatic heterocycles. The first-order valence-electron chi connectivity index (χ1n) is 8.62. The molecule has 3 aromatic carbocycles. The number of benzene rings is 3. The molecular weight excluding hydrogens is 412 g/mol. The number of anilines is 1. The maximum atomic E-state index is 11.2. The zero-order valence-electron chi connectivity index (χ0n) is 15.4. The highest BCUT2D eigenvalue weighted by Gasteiger charge is 2.19.